The lowest BCUT2D eigenvalue weighted by Crippen LogP contribution is -2.07. The summed E-state index contributed by atoms with van der Waals surface area (Å²) in [7, 11) is 0. The highest BCUT2D eigenvalue weighted by Crippen LogP contribution is 2.27. The molecule has 2 aromatic rings. The Morgan fingerprint density at radius 1 is 1.42 bits per heavy atom. The highest BCUT2D eigenvalue weighted by molar-refractivity contribution is 9.10. The average Bonchev–Trinajstić information content (AvgIpc) is 2.36. The van der Waals surface area contributed by atoms with Crippen LogP contribution >= 0.6 is 15.9 Å². The smallest absolute Gasteiger partial charge is 0.337 e. The van der Waals surface area contributed by atoms with Gasteiger partial charge in [0.2, 0.25) is 0 Å². The van der Waals surface area contributed by atoms with Crippen LogP contribution in [0.2, 0.25) is 0 Å². The lowest BCUT2D eigenvalue weighted by Gasteiger charge is -2.10. The molecule has 0 fully saturated rings. The first-order valence-electron chi connectivity index (χ1n) is 5.19. The Hall–Kier alpha value is -2.15. The molecule has 5 nitrogen and oxygen atoms in total. The molecule has 1 aromatic heterocycles. The molecule has 0 aliphatic heterocycles. The van der Waals surface area contributed by atoms with E-state index in [-0.39, 0.29) is 22.8 Å². The van der Waals surface area contributed by atoms with Gasteiger partial charge in [-0.05, 0) is 24.3 Å². The zero-order valence-electron chi connectivity index (χ0n) is 9.52. The molecule has 0 radical (unpaired) electrons. The maximum atomic E-state index is 13.6. The van der Waals surface area contributed by atoms with Gasteiger partial charge in [-0.3, -0.25) is 0 Å². The lowest BCUT2D eigenvalue weighted by molar-refractivity contribution is 0.0698. The molecule has 0 unspecified atom stereocenters. The Morgan fingerprint density at radius 3 is 2.84 bits per heavy atom. The SMILES string of the molecule is Nc1c(C(=O)O)ccnc1Nc1cc(Br)ccc1F. The van der Waals surface area contributed by atoms with Crippen LogP contribution in [0.3, 0.4) is 0 Å². The maximum Gasteiger partial charge on any atom is 0.337 e. The molecule has 0 amide bonds. The number of nitrogens with one attached hydrogen (secondary N) is 1. The van der Waals surface area contributed by atoms with Crippen LogP contribution in [0, 0.1) is 5.82 Å². The predicted molar refractivity (Wildman–Crippen MR) is 73.0 cm³/mol. The van der Waals surface area contributed by atoms with Crippen LogP contribution in [0.15, 0.2) is 34.9 Å². The second-order valence-corrected chi connectivity index (χ2v) is 4.59. The van der Waals surface area contributed by atoms with Crippen LogP contribution in [-0.4, -0.2) is 16.1 Å². The quantitative estimate of drug-likeness (QED) is 0.807. The van der Waals surface area contributed by atoms with Crippen molar-refractivity contribution in [2.24, 2.45) is 0 Å². The molecule has 0 spiro atoms. The number of carboxylic acid groups (broad SMARTS) is 1. The summed E-state index contributed by atoms with van der Waals surface area (Å²) >= 11 is 3.21. The molecule has 0 bridgehead atoms. The van der Waals surface area contributed by atoms with Crippen molar-refractivity contribution in [2.45, 2.75) is 0 Å². The number of rotatable bonds is 3. The second kappa shape index (κ2) is 5.23. The van der Waals surface area contributed by atoms with Crippen LogP contribution in [0.1, 0.15) is 10.4 Å². The van der Waals surface area contributed by atoms with Gasteiger partial charge in [-0.25, -0.2) is 14.2 Å². The molecular weight excluding hydrogens is 317 g/mol. The largest absolute Gasteiger partial charge is 0.478 e. The fourth-order valence-electron chi connectivity index (χ4n) is 1.48. The number of aromatic carboxylic acids is 1. The van der Waals surface area contributed by atoms with Crippen LogP contribution in [0.4, 0.5) is 21.6 Å². The maximum absolute atomic E-state index is 13.6. The number of hydrogen-bond acceptors (Lipinski definition) is 4. The van der Waals surface area contributed by atoms with Crippen molar-refractivity contribution >= 4 is 39.1 Å². The minimum atomic E-state index is -1.17. The lowest BCUT2D eigenvalue weighted by atomic mass is 10.2. The summed E-state index contributed by atoms with van der Waals surface area (Å²) in [5, 5.41) is 11.6. The molecule has 1 heterocycles. The molecule has 0 saturated carbocycles. The number of benzene rings is 1. The van der Waals surface area contributed by atoms with E-state index in [4.69, 9.17) is 10.8 Å². The fourth-order valence-corrected chi connectivity index (χ4v) is 1.84. The number of aromatic nitrogens is 1. The first-order valence-corrected chi connectivity index (χ1v) is 5.98. The summed E-state index contributed by atoms with van der Waals surface area (Å²) in [5.41, 5.74) is 5.69. The Kier molecular flexibility index (Phi) is 3.66. The minimum absolute atomic E-state index is 0.0469. The zero-order valence-corrected chi connectivity index (χ0v) is 11.1. The molecule has 19 heavy (non-hydrogen) atoms. The summed E-state index contributed by atoms with van der Waals surface area (Å²) < 4.78 is 14.2. The molecule has 0 aliphatic carbocycles. The van der Waals surface area contributed by atoms with Crippen molar-refractivity contribution in [1.29, 1.82) is 0 Å². The van der Waals surface area contributed by atoms with Gasteiger partial charge in [0.15, 0.2) is 5.82 Å². The third-order valence-electron chi connectivity index (χ3n) is 2.40. The Morgan fingerprint density at radius 2 is 2.16 bits per heavy atom. The first-order chi connectivity index (χ1) is 8.99. The molecule has 7 heteroatoms. The average molecular weight is 326 g/mol. The summed E-state index contributed by atoms with van der Waals surface area (Å²) in [4.78, 5) is 14.8. The summed E-state index contributed by atoms with van der Waals surface area (Å²) in [5.74, 6) is -1.57. The van der Waals surface area contributed by atoms with Crippen molar-refractivity contribution in [1.82, 2.24) is 4.98 Å². The second-order valence-electron chi connectivity index (χ2n) is 3.68. The van der Waals surface area contributed by atoms with Gasteiger partial charge in [-0.1, -0.05) is 15.9 Å². The van der Waals surface area contributed by atoms with E-state index in [2.05, 4.69) is 26.2 Å². The number of nitrogens with zero attached hydrogens (tertiary/aromatic N) is 1. The molecule has 98 valence electrons. The minimum Gasteiger partial charge on any atom is -0.478 e. The van der Waals surface area contributed by atoms with Crippen LogP contribution in [-0.2, 0) is 0 Å². The molecule has 2 rings (SSSR count). The number of pyridine rings is 1. The van der Waals surface area contributed by atoms with Crippen molar-refractivity contribution < 1.29 is 14.3 Å². The van der Waals surface area contributed by atoms with Gasteiger partial charge in [0.1, 0.15) is 5.82 Å². The molecule has 0 atom stereocenters. The van der Waals surface area contributed by atoms with Crippen LogP contribution < -0.4 is 11.1 Å². The Labute approximate surface area is 116 Å². The number of halogens is 2. The van der Waals surface area contributed by atoms with Gasteiger partial charge >= 0.3 is 5.97 Å². The van der Waals surface area contributed by atoms with E-state index < -0.39 is 11.8 Å². The monoisotopic (exact) mass is 325 g/mol. The van der Waals surface area contributed by atoms with Crippen LogP contribution in [0.5, 0.6) is 0 Å². The van der Waals surface area contributed by atoms with Crippen molar-refractivity contribution in [2.75, 3.05) is 11.1 Å². The Bertz CT molecular complexity index is 649. The third kappa shape index (κ3) is 2.82. The molecule has 4 N–H and O–H groups in total. The molecular formula is C12H9BrFN3O2. The number of anilines is 3. The highest BCUT2D eigenvalue weighted by atomic mass is 79.9. The van der Waals surface area contributed by atoms with Crippen molar-refractivity contribution in [3.63, 3.8) is 0 Å². The van der Waals surface area contributed by atoms with E-state index in [1.807, 2.05) is 0 Å². The zero-order chi connectivity index (χ0) is 14.0. The Balaban J connectivity index is 2.41. The van der Waals surface area contributed by atoms with Gasteiger partial charge < -0.3 is 16.2 Å². The number of carbonyl (C=O) groups is 1. The van der Waals surface area contributed by atoms with Crippen molar-refractivity contribution in [3.05, 3.63) is 46.3 Å². The van der Waals surface area contributed by atoms with E-state index in [0.29, 0.717) is 4.47 Å². The summed E-state index contributed by atoms with van der Waals surface area (Å²) in [6.07, 6.45) is 1.29. The van der Waals surface area contributed by atoms with E-state index in [0.717, 1.165) is 0 Å². The van der Waals surface area contributed by atoms with E-state index >= 15 is 0 Å². The van der Waals surface area contributed by atoms with Gasteiger partial charge in [-0.15, -0.1) is 0 Å². The molecule has 0 saturated heterocycles. The van der Waals surface area contributed by atoms with Gasteiger partial charge in [-0.2, -0.15) is 0 Å². The highest BCUT2D eigenvalue weighted by Gasteiger charge is 2.13. The van der Waals surface area contributed by atoms with Crippen LogP contribution in [0.25, 0.3) is 0 Å². The number of hydrogen-bond donors (Lipinski definition) is 3. The first kappa shape index (κ1) is 13.3. The van der Waals surface area contributed by atoms with E-state index in [9.17, 15) is 9.18 Å². The topological polar surface area (TPSA) is 88.2 Å². The predicted octanol–water partition coefficient (Wildman–Crippen LogP) is 3.01. The van der Waals surface area contributed by atoms with E-state index in [1.165, 1.54) is 24.4 Å². The number of nitrogens with two attached hydrogens (primary N) is 1. The van der Waals surface area contributed by atoms with Gasteiger partial charge in [0.05, 0.1) is 16.9 Å². The van der Waals surface area contributed by atoms with Gasteiger partial charge in [0.25, 0.3) is 0 Å². The number of nitrogen functional groups attached to an aromatic ring is 1. The standard InChI is InChI=1S/C12H9BrFN3O2/c13-6-1-2-8(14)9(5-6)17-11-10(15)7(12(18)19)3-4-16-11/h1-5H,15H2,(H,16,17)(H,18,19). The summed E-state index contributed by atoms with van der Waals surface area (Å²) in [6, 6.07) is 5.60. The molecule has 1 aromatic carbocycles. The third-order valence-corrected chi connectivity index (χ3v) is 2.90. The summed E-state index contributed by atoms with van der Waals surface area (Å²) in [6.45, 7) is 0. The molecule has 0 aliphatic rings. The fraction of sp³-hybridized carbons (Fsp3) is 0. The van der Waals surface area contributed by atoms with Crippen molar-refractivity contribution in [3.8, 4) is 0 Å². The van der Waals surface area contributed by atoms with Gasteiger partial charge in [0, 0.05) is 10.7 Å². The van der Waals surface area contributed by atoms with E-state index in [1.54, 1.807) is 6.07 Å². The number of carboxylic acids is 1. The normalized spacial score (nSPS) is 10.2.